The van der Waals surface area contributed by atoms with Crippen LogP contribution in [0, 0.1) is 58.2 Å². The van der Waals surface area contributed by atoms with Gasteiger partial charge in [0.15, 0.2) is 5.78 Å². The van der Waals surface area contributed by atoms with Gasteiger partial charge in [0, 0.05) is 12.0 Å². The molecule has 1 N–H and O–H groups in total. The third kappa shape index (κ3) is 3.15. The number of alkyl halides is 1. The van der Waals surface area contributed by atoms with Crippen molar-refractivity contribution in [2.75, 3.05) is 6.54 Å². The summed E-state index contributed by atoms with van der Waals surface area (Å²) in [6.07, 6.45) is 8.39. The van der Waals surface area contributed by atoms with Crippen LogP contribution in [-0.2, 0) is 4.79 Å². The first kappa shape index (κ1) is 22.5. The smallest absolute Gasteiger partial charge is 0.150 e. The Kier molecular flexibility index (Phi) is 4.95. The Bertz CT molecular complexity index is 884. The van der Waals surface area contributed by atoms with E-state index >= 15 is 4.39 Å². The number of aliphatic hydroxyl groups is 1. The number of fused-ring (bicyclic) bond motifs is 6. The Morgan fingerprint density at radius 1 is 1.09 bits per heavy atom. The van der Waals surface area contributed by atoms with Crippen molar-refractivity contribution in [1.82, 2.24) is 4.90 Å². The van der Waals surface area contributed by atoms with Gasteiger partial charge in [-0.3, -0.25) is 9.69 Å². The third-order valence-electron chi connectivity index (χ3n) is 12.0. The monoisotopic (exact) mass is 456 g/mol. The molecular formula is C28H41FN2O2. The van der Waals surface area contributed by atoms with E-state index in [0.717, 1.165) is 44.9 Å². The van der Waals surface area contributed by atoms with Gasteiger partial charge in [-0.25, -0.2) is 4.39 Å². The highest BCUT2D eigenvalue weighted by molar-refractivity contribution is 5.84. The van der Waals surface area contributed by atoms with Crippen LogP contribution in [0.3, 0.4) is 0 Å². The van der Waals surface area contributed by atoms with Gasteiger partial charge in [0.05, 0.1) is 24.3 Å². The van der Waals surface area contributed by atoms with Crippen LogP contribution in [0.15, 0.2) is 0 Å². The van der Waals surface area contributed by atoms with Crippen molar-refractivity contribution in [2.45, 2.75) is 108 Å². The van der Waals surface area contributed by atoms with E-state index in [1.807, 2.05) is 6.92 Å². The van der Waals surface area contributed by atoms with Crippen LogP contribution >= 0.6 is 0 Å². The van der Waals surface area contributed by atoms with E-state index in [9.17, 15) is 15.2 Å². The molecule has 0 amide bonds. The minimum atomic E-state index is -1.12. The molecule has 5 saturated carbocycles. The molecule has 4 nitrogen and oxygen atoms in total. The first-order valence-electron chi connectivity index (χ1n) is 13.7. The van der Waals surface area contributed by atoms with Gasteiger partial charge in [-0.2, -0.15) is 5.26 Å². The first-order chi connectivity index (χ1) is 15.6. The standard InChI is InChI=1S/C28H41FN2O2/c1-16-20-12-18(14-30)31(25(16)20)15-24(32)23-7-6-21-19-5-4-17-13-26(2,33)10-11-28(17,29)22(19)8-9-27(21,23)3/h16-23,25,33H,4-13,15H2,1-3H3/t16-,17-,18-,19+,20+,21+,22+,23-,25-,26-,27+,28-/m1/s1. The summed E-state index contributed by atoms with van der Waals surface area (Å²) in [5, 5.41) is 20.2. The SMILES string of the molecule is C[C@@H]1[C@@H]2C[C@H](C#N)N(CC(=O)[C@H]3CC[C@H]4[C@@H]5CC[C@@H]6C[C@](C)(O)CC[C@]6(F)[C@H]5CC[C@]34C)[C@H]12. The van der Waals surface area contributed by atoms with Crippen molar-refractivity contribution >= 4 is 5.78 Å². The maximum atomic E-state index is 16.6. The second-order valence-corrected chi connectivity index (χ2v) is 13.5. The minimum absolute atomic E-state index is 0.00255. The summed E-state index contributed by atoms with van der Waals surface area (Å²) in [5.74, 6) is 2.57. The molecule has 1 heterocycles. The highest BCUT2D eigenvalue weighted by Gasteiger charge is 2.64. The lowest BCUT2D eigenvalue weighted by atomic mass is 9.48. The molecule has 0 aromatic carbocycles. The minimum Gasteiger partial charge on any atom is -0.390 e. The van der Waals surface area contributed by atoms with Gasteiger partial charge in [0.2, 0.25) is 0 Å². The Morgan fingerprint density at radius 2 is 1.88 bits per heavy atom. The average Bonchev–Trinajstić information content (AvgIpc) is 3.08. The molecule has 5 aliphatic carbocycles. The second kappa shape index (κ2) is 7.26. The quantitative estimate of drug-likeness (QED) is 0.656. The van der Waals surface area contributed by atoms with Crippen LogP contribution in [0.4, 0.5) is 4.39 Å². The molecular weight excluding hydrogens is 415 g/mol. The average molecular weight is 457 g/mol. The number of hydrogen-bond donors (Lipinski definition) is 1. The number of halogens is 1. The molecule has 0 spiro atoms. The summed E-state index contributed by atoms with van der Waals surface area (Å²) in [7, 11) is 0. The number of Topliss-reactive ketones (excluding diaryl/α,β-unsaturated/α-hetero) is 1. The largest absolute Gasteiger partial charge is 0.390 e. The number of rotatable bonds is 3. The lowest BCUT2D eigenvalue weighted by Gasteiger charge is -2.59. The van der Waals surface area contributed by atoms with E-state index < -0.39 is 11.3 Å². The molecule has 6 aliphatic rings. The van der Waals surface area contributed by atoms with Crippen molar-refractivity contribution in [1.29, 1.82) is 5.26 Å². The highest BCUT2D eigenvalue weighted by atomic mass is 19.1. The number of ketones is 1. The first-order valence-corrected chi connectivity index (χ1v) is 13.7. The fourth-order valence-corrected chi connectivity index (χ4v) is 10.2. The molecule has 6 rings (SSSR count). The summed E-state index contributed by atoms with van der Waals surface area (Å²) >= 11 is 0. The van der Waals surface area contributed by atoms with Gasteiger partial charge >= 0.3 is 0 Å². The molecule has 6 fully saturated rings. The lowest BCUT2D eigenvalue weighted by Crippen LogP contribution is -2.58. The van der Waals surface area contributed by atoms with Crippen LogP contribution in [-0.4, -0.2) is 45.7 Å². The number of carbonyl (C=O) groups excluding carboxylic acids is 1. The third-order valence-corrected chi connectivity index (χ3v) is 12.0. The van der Waals surface area contributed by atoms with Crippen molar-refractivity contribution in [3.63, 3.8) is 0 Å². The number of piperidine rings is 1. The molecule has 0 aromatic rings. The molecule has 0 radical (unpaired) electrons. The molecule has 1 aliphatic heterocycles. The van der Waals surface area contributed by atoms with Crippen molar-refractivity contribution in [2.24, 2.45) is 46.8 Å². The Hall–Kier alpha value is -0.990. The Balaban J connectivity index is 1.18. The predicted octanol–water partition coefficient (Wildman–Crippen LogP) is 4.90. The number of hydrogen-bond acceptors (Lipinski definition) is 4. The number of carbonyl (C=O) groups is 1. The van der Waals surface area contributed by atoms with Gasteiger partial charge in [-0.05, 0) is 112 Å². The maximum absolute atomic E-state index is 16.6. The van der Waals surface area contributed by atoms with Crippen molar-refractivity contribution in [3.8, 4) is 6.07 Å². The second-order valence-electron chi connectivity index (χ2n) is 13.5. The van der Waals surface area contributed by atoms with E-state index in [4.69, 9.17) is 0 Å². The summed E-state index contributed by atoms with van der Waals surface area (Å²) in [6, 6.07) is 2.79. The van der Waals surface area contributed by atoms with Crippen LogP contribution < -0.4 is 0 Å². The van der Waals surface area contributed by atoms with Gasteiger partial charge in [0.25, 0.3) is 0 Å². The van der Waals surface area contributed by atoms with Gasteiger partial charge in [-0.15, -0.1) is 0 Å². The van der Waals surface area contributed by atoms with Crippen LogP contribution in [0.1, 0.15) is 85.0 Å². The van der Waals surface area contributed by atoms with Crippen molar-refractivity contribution < 1.29 is 14.3 Å². The molecule has 1 saturated heterocycles. The molecule has 0 bridgehead atoms. The van der Waals surface area contributed by atoms with E-state index in [-0.39, 0.29) is 29.2 Å². The van der Waals surface area contributed by atoms with Crippen LogP contribution in [0.2, 0.25) is 0 Å². The van der Waals surface area contributed by atoms with Crippen molar-refractivity contribution in [3.05, 3.63) is 0 Å². The lowest BCUT2D eigenvalue weighted by molar-refractivity contribution is -0.166. The maximum Gasteiger partial charge on any atom is 0.150 e. The van der Waals surface area contributed by atoms with Gasteiger partial charge in [-0.1, -0.05) is 13.8 Å². The predicted molar refractivity (Wildman–Crippen MR) is 124 cm³/mol. The van der Waals surface area contributed by atoms with E-state index in [2.05, 4.69) is 24.8 Å². The van der Waals surface area contributed by atoms with Gasteiger partial charge in [0.1, 0.15) is 5.67 Å². The fourth-order valence-electron chi connectivity index (χ4n) is 10.2. The zero-order valence-corrected chi connectivity index (χ0v) is 20.6. The summed E-state index contributed by atoms with van der Waals surface area (Å²) in [6.45, 7) is 6.91. The zero-order valence-electron chi connectivity index (χ0n) is 20.6. The van der Waals surface area contributed by atoms with E-state index in [1.54, 1.807) is 0 Å². The zero-order chi connectivity index (χ0) is 23.3. The van der Waals surface area contributed by atoms with E-state index in [1.165, 1.54) is 0 Å². The van der Waals surface area contributed by atoms with E-state index in [0.29, 0.717) is 61.3 Å². The number of nitrogens with zero attached hydrogens (tertiary/aromatic N) is 2. The Morgan fingerprint density at radius 3 is 2.64 bits per heavy atom. The summed E-state index contributed by atoms with van der Waals surface area (Å²) in [4.78, 5) is 15.9. The molecule has 182 valence electrons. The normalized spacial score (nSPS) is 57.4. The summed E-state index contributed by atoms with van der Waals surface area (Å²) < 4.78 is 16.6. The fraction of sp³-hybridized carbons (Fsp3) is 0.929. The molecule has 0 aromatic heterocycles. The molecule has 5 heteroatoms. The highest BCUT2D eigenvalue weighted by Crippen LogP contribution is 2.66. The Labute approximate surface area is 198 Å². The number of likely N-dealkylation sites (tertiary alicyclic amines) is 1. The summed E-state index contributed by atoms with van der Waals surface area (Å²) in [5.41, 5.74) is -1.85. The van der Waals surface area contributed by atoms with Crippen LogP contribution in [0.5, 0.6) is 0 Å². The topological polar surface area (TPSA) is 64.3 Å². The van der Waals surface area contributed by atoms with Gasteiger partial charge < -0.3 is 5.11 Å². The number of nitriles is 1. The molecule has 33 heavy (non-hydrogen) atoms. The molecule has 12 atom stereocenters. The van der Waals surface area contributed by atoms with Crippen LogP contribution in [0.25, 0.3) is 0 Å². The molecule has 0 unspecified atom stereocenters.